The van der Waals surface area contributed by atoms with Crippen molar-refractivity contribution in [3.05, 3.63) is 0 Å². The summed E-state index contributed by atoms with van der Waals surface area (Å²) in [5.74, 6) is 4.63. The summed E-state index contributed by atoms with van der Waals surface area (Å²) in [5, 5.41) is 0. The van der Waals surface area contributed by atoms with E-state index in [-0.39, 0.29) is 17.9 Å². The summed E-state index contributed by atoms with van der Waals surface area (Å²) < 4.78 is 19.1. The Bertz CT molecular complexity index is 786. The summed E-state index contributed by atoms with van der Waals surface area (Å²) in [5.41, 5.74) is 0.828. The van der Waals surface area contributed by atoms with Gasteiger partial charge in [-0.15, -0.1) is 0 Å². The van der Waals surface area contributed by atoms with Gasteiger partial charge in [-0.2, -0.15) is 0 Å². The predicted molar refractivity (Wildman–Crippen MR) is 127 cm³/mol. The Balaban J connectivity index is 1.21. The average Bonchev–Trinajstić information content (AvgIpc) is 3.21. The minimum absolute atomic E-state index is 0.105. The smallest absolute Gasteiger partial charge is 0.302 e. The van der Waals surface area contributed by atoms with Crippen molar-refractivity contribution >= 4 is 5.97 Å². The van der Waals surface area contributed by atoms with Crippen LogP contribution in [0.4, 0.5) is 0 Å². The van der Waals surface area contributed by atoms with E-state index < -0.39 is 0 Å². The molecule has 0 radical (unpaired) electrons. The zero-order valence-electron chi connectivity index (χ0n) is 21.6. The molecule has 0 aromatic carbocycles. The van der Waals surface area contributed by atoms with Gasteiger partial charge in [0.1, 0.15) is 6.10 Å². The number of hydrogen-bond donors (Lipinski definition) is 0. The number of hydrogen-bond acceptors (Lipinski definition) is 4. The first-order chi connectivity index (χ1) is 15.7. The minimum atomic E-state index is -0.300. The van der Waals surface area contributed by atoms with Gasteiger partial charge in [0.25, 0.3) is 0 Å². The van der Waals surface area contributed by atoms with Crippen LogP contribution in [0, 0.1) is 52.3 Å². The van der Waals surface area contributed by atoms with Gasteiger partial charge in [-0.3, -0.25) is 4.79 Å². The summed E-state index contributed by atoms with van der Waals surface area (Å²) in [6.45, 7) is 12.4. The Morgan fingerprint density at radius 1 is 0.909 bits per heavy atom. The normalized spacial score (nSPS) is 57.7. The SMILES string of the molecule is CC(=O)O[C@H]1CC[C@@]2(C)[C@@H](CC[C@H]3[C@H]2CC[C@]2(C)[C@@H]4[C@@H](C)[C@]5(CC[C@H](C)CO5)O[C@@H]4C[C@H]32)C1. The second-order valence-corrected chi connectivity index (χ2v) is 13.7. The van der Waals surface area contributed by atoms with Gasteiger partial charge in [0.2, 0.25) is 0 Å². The van der Waals surface area contributed by atoms with E-state index >= 15 is 0 Å². The van der Waals surface area contributed by atoms with Crippen LogP contribution < -0.4 is 0 Å². The van der Waals surface area contributed by atoms with E-state index in [4.69, 9.17) is 14.2 Å². The maximum absolute atomic E-state index is 11.5. The summed E-state index contributed by atoms with van der Waals surface area (Å²) in [7, 11) is 0. The molecular weight excluding hydrogens is 412 g/mol. The van der Waals surface area contributed by atoms with Crippen molar-refractivity contribution in [3.8, 4) is 0 Å². The highest BCUT2D eigenvalue weighted by atomic mass is 16.7. The molecule has 0 aromatic heterocycles. The maximum atomic E-state index is 11.5. The van der Waals surface area contributed by atoms with Gasteiger partial charge in [0, 0.05) is 19.3 Å². The number of fused-ring (bicyclic) bond motifs is 7. The van der Waals surface area contributed by atoms with Gasteiger partial charge in [0.15, 0.2) is 5.79 Å². The van der Waals surface area contributed by atoms with Crippen molar-refractivity contribution < 1.29 is 19.0 Å². The van der Waals surface area contributed by atoms with E-state index in [1.54, 1.807) is 6.92 Å². The molecular formula is C29H46O4. The zero-order valence-corrected chi connectivity index (χ0v) is 21.6. The lowest BCUT2D eigenvalue weighted by atomic mass is 9.44. The fourth-order valence-electron chi connectivity index (χ4n) is 10.6. The van der Waals surface area contributed by atoms with Crippen LogP contribution in [0.3, 0.4) is 0 Å². The molecule has 4 saturated carbocycles. The molecule has 186 valence electrons. The Morgan fingerprint density at radius 3 is 2.42 bits per heavy atom. The van der Waals surface area contributed by atoms with Crippen LogP contribution in [-0.4, -0.2) is 30.6 Å². The lowest BCUT2D eigenvalue weighted by Gasteiger charge is -2.61. The average molecular weight is 459 g/mol. The molecule has 4 nitrogen and oxygen atoms in total. The Kier molecular flexibility index (Phi) is 5.32. The minimum Gasteiger partial charge on any atom is -0.463 e. The molecule has 0 aromatic rings. The topological polar surface area (TPSA) is 44.8 Å². The zero-order chi connectivity index (χ0) is 23.2. The fourth-order valence-corrected chi connectivity index (χ4v) is 10.6. The van der Waals surface area contributed by atoms with Crippen molar-refractivity contribution in [1.29, 1.82) is 0 Å². The van der Waals surface area contributed by atoms with E-state index in [0.717, 1.165) is 49.5 Å². The molecule has 0 bridgehead atoms. The molecule has 4 heteroatoms. The molecule has 0 unspecified atom stereocenters. The molecule has 2 heterocycles. The number of carbonyl (C=O) groups excluding carboxylic acids is 1. The first kappa shape index (κ1) is 22.8. The van der Waals surface area contributed by atoms with Crippen molar-refractivity contribution in [2.75, 3.05) is 6.61 Å². The van der Waals surface area contributed by atoms with Crippen molar-refractivity contribution in [2.45, 2.75) is 117 Å². The molecule has 6 aliphatic rings. The fraction of sp³-hybridized carbons (Fsp3) is 0.966. The van der Waals surface area contributed by atoms with Crippen LogP contribution in [0.1, 0.15) is 98.8 Å². The van der Waals surface area contributed by atoms with Gasteiger partial charge < -0.3 is 14.2 Å². The largest absolute Gasteiger partial charge is 0.463 e. The number of ether oxygens (including phenoxy) is 3. The maximum Gasteiger partial charge on any atom is 0.302 e. The van der Waals surface area contributed by atoms with E-state index in [0.29, 0.717) is 34.7 Å². The third-order valence-electron chi connectivity index (χ3n) is 12.2. The van der Waals surface area contributed by atoms with Crippen LogP contribution in [0.15, 0.2) is 0 Å². The number of esters is 1. The molecule has 1 spiro atoms. The van der Waals surface area contributed by atoms with Crippen molar-refractivity contribution in [3.63, 3.8) is 0 Å². The van der Waals surface area contributed by atoms with E-state index in [2.05, 4.69) is 27.7 Å². The lowest BCUT2D eigenvalue weighted by Crippen LogP contribution is -2.55. The first-order valence-corrected chi connectivity index (χ1v) is 14.2. The molecule has 2 aliphatic heterocycles. The van der Waals surface area contributed by atoms with Crippen LogP contribution in [0.5, 0.6) is 0 Å². The Morgan fingerprint density at radius 2 is 1.70 bits per heavy atom. The quantitative estimate of drug-likeness (QED) is 0.429. The van der Waals surface area contributed by atoms with Gasteiger partial charge in [-0.25, -0.2) is 0 Å². The van der Waals surface area contributed by atoms with E-state index in [1.165, 1.54) is 44.9 Å². The van der Waals surface area contributed by atoms with Gasteiger partial charge in [0.05, 0.1) is 12.7 Å². The van der Waals surface area contributed by atoms with Crippen LogP contribution >= 0.6 is 0 Å². The molecule has 6 fully saturated rings. The second-order valence-electron chi connectivity index (χ2n) is 13.7. The van der Waals surface area contributed by atoms with Crippen LogP contribution in [-0.2, 0) is 19.0 Å². The third kappa shape index (κ3) is 3.25. The molecule has 12 atom stereocenters. The molecule has 2 saturated heterocycles. The van der Waals surface area contributed by atoms with Gasteiger partial charge in [-0.1, -0.05) is 27.7 Å². The van der Waals surface area contributed by atoms with Crippen molar-refractivity contribution in [1.82, 2.24) is 0 Å². The van der Waals surface area contributed by atoms with Gasteiger partial charge >= 0.3 is 5.97 Å². The molecule has 4 aliphatic carbocycles. The van der Waals surface area contributed by atoms with E-state index in [1.807, 2.05) is 0 Å². The molecule has 0 N–H and O–H groups in total. The summed E-state index contributed by atoms with van der Waals surface area (Å²) >= 11 is 0. The highest BCUT2D eigenvalue weighted by molar-refractivity contribution is 5.66. The number of carbonyl (C=O) groups is 1. The summed E-state index contributed by atoms with van der Waals surface area (Å²) in [4.78, 5) is 11.5. The first-order valence-electron chi connectivity index (χ1n) is 14.2. The lowest BCUT2D eigenvalue weighted by molar-refractivity contribution is -0.273. The molecule has 6 rings (SSSR count). The highest BCUT2D eigenvalue weighted by Crippen LogP contribution is 2.71. The van der Waals surface area contributed by atoms with Crippen LogP contribution in [0.2, 0.25) is 0 Å². The van der Waals surface area contributed by atoms with E-state index in [9.17, 15) is 4.79 Å². The third-order valence-corrected chi connectivity index (χ3v) is 12.2. The molecule has 33 heavy (non-hydrogen) atoms. The monoisotopic (exact) mass is 458 g/mol. The molecule has 0 amide bonds. The number of rotatable bonds is 1. The van der Waals surface area contributed by atoms with Crippen LogP contribution in [0.25, 0.3) is 0 Å². The Hall–Kier alpha value is -0.610. The predicted octanol–water partition coefficient (Wildman–Crippen LogP) is 6.36. The van der Waals surface area contributed by atoms with Gasteiger partial charge in [-0.05, 0) is 104 Å². The summed E-state index contributed by atoms with van der Waals surface area (Å²) in [6.07, 6.45) is 12.9. The second kappa shape index (κ2) is 7.69. The Labute approximate surface area is 200 Å². The standard InChI is InChI=1S/C29H46O4/c1-17-8-13-29(31-16-17)18(2)26-25(33-29)15-24-22-7-6-20-14-21(32-19(3)30)9-11-27(20,4)23(22)10-12-28(24,26)5/h17-18,20-26H,6-16H2,1-5H3/t17-,18+,20-,21-,22-,23+,24+,25+,26+,27-,28-,29-/m0/s1. The summed E-state index contributed by atoms with van der Waals surface area (Å²) in [6, 6.07) is 0. The van der Waals surface area contributed by atoms with Crippen molar-refractivity contribution in [2.24, 2.45) is 52.3 Å². The highest BCUT2D eigenvalue weighted by Gasteiger charge is 2.69.